The molecule has 2 N–H and O–H groups in total. The minimum Gasteiger partial charge on any atom is -0.480 e. The average molecular weight is 347 g/mol. The lowest BCUT2D eigenvalue weighted by atomic mass is 9.91. The highest BCUT2D eigenvalue weighted by molar-refractivity contribution is 5.96. The largest absolute Gasteiger partial charge is 0.480 e. The van der Waals surface area contributed by atoms with Crippen molar-refractivity contribution in [3.63, 3.8) is 0 Å². The van der Waals surface area contributed by atoms with Gasteiger partial charge in [-0.1, -0.05) is 12.8 Å². The van der Waals surface area contributed by atoms with E-state index in [0.29, 0.717) is 24.6 Å². The van der Waals surface area contributed by atoms with Crippen molar-refractivity contribution in [2.75, 3.05) is 13.6 Å². The first-order valence-corrected chi connectivity index (χ1v) is 8.95. The lowest BCUT2D eigenvalue weighted by Gasteiger charge is -2.37. The number of aliphatic carboxylic acids is 1. The average Bonchev–Trinajstić information content (AvgIpc) is 3.30. The van der Waals surface area contributed by atoms with Gasteiger partial charge in [0, 0.05) is 25.8 Å². The molecule has 0 radical (unpaired) electrons. The second-order valence-electron chi connectivity index (χ2n) is 6.94. The fraction of sp³-hybridized carbons (Fsp3) is 0.611. The van der Waals surface area contributed by atoms with E-state index in [1.54, 1.807) is 13.1 Å². The van der Waals surface area contributed by atoms with Crippen LogP contribution in [0.25, 0.3) is 0 Å². The fourth-order valence-corrected chi connectivity index (χ4v) is 4.09. The highest BCUT2D eigenvalue weighted by Crippen LogP contribution is 2.32. The summed E-state index contributed by atoms with van der Waals surface area (Å²) in [5, 5.41) is 12.1. The maximum atomic E-state index is 13.1. The smallest absolute Gasteiger partial charge is 0.326 e. The summed E-state index contributed by atoms with van der Waals surface area (Å²) in [6.45, 7) is 0.144. The number of carbonyl (C=O) groups is 3. The first kappa shape index (κ1) is 17.5. The second-order valence-corrected chi connectivity index (χ2v) is 6.94. The minimum atomic E-state index is -1.01. The van der Waals surface area contributed by atoms with E-state index in [-0.39, 0.29) is 24.3 Å². The van der Waals surface area contributed by atoms with Crippen LogP contribution in [0.5, 0.6) is 0 Å². The van der Waals surface area contributed by atoms with Gasteiger partial charge in [0.15, 0.2) is 0 Å². The molecular formula is C18H25N3O4. The molecule has 0 aromatic carbocycles. The van der Waals surface area contributed by atoms with E-state index in [1.165, 1.54) is 4.90 Å². The molecule has 1 aromatic rings. The Morgan fingerprint density at radius 3 is 2.52 bits per heavy atom. The Hall–Kier alpha value is -2.31. The number of hydrogen-bond donors (Lipinski definition) is 2. The van der Waals surface area contributed by atoms with Gasteiger partial charge in [0.05, 0.1) is 5.92 Å². The molecule has 2 fully saturated rings. The number of carboxylic acids is 1. The molecule has 0 bridgehead atoms. The number of nitrogens with one attached hydrogen (secondary N) is 1. The SMILES string of the molecule is CNC(=O)[C@H]1CC[C@@H](C(=O)O)N(C(=O)c2cccn2C2CCCC2)C1. The van der Waals surface area contributed by atoms with Gasteiger partial charge in [0.25, 0.3) is 5.91 Å². The van der Waals surface area contributed by atoms with Crippen molar-refractivity contribution >= 4 is 17.8 Å². The van der Waals surface area contributed by atoms with Crippen LogP contribution in [0, 0.1) is 5.92 Å². The van der Waals surface area contributed by atoms with Crippen molar-refractivity contribution in [1.29, 1.82) is 0 Å². The van der Waals surface area contributed by atoms with Crippen LogP contribution in [0.2, 0.25) is 0 Å². The van der Waals surface area contributed by atoms with Crippen molar-refractivity contribution in [2.45, 2.75) is 50.6 Å². The van der Waals surface area contributed by atoms with E-state index in [2.05, 4.69) is 5.32 Å². The minimum absolute atomic E-state index is 0.144. The number of nitrogens with zero attached hydrogens (tertiary/aromatic N) is 2. The zero-order valence-corrected chi connectivity index (χ0v) is 14.5. The number of carboxylic acid groups (broad SMARTS) is 1. The Morgan fingerprint density at radius 2 is 1.88 bits per heavy atom. The van der Waals surface area contributed by atoms with Gasteiger partial charge < -0.3 is 19.9 Å². The van der Waals surface area contributed by atoms with Crippen LogP contribution in [0.3, 0.4) is 0 Å². The summed E-state index contributed by atoms with van der Waals surface area (Å²) >= 11 is 0. The number of carbonyl (C=O) groups excluding carboxylic acids is 2. The number of hydrogen-bond acceptors (Lipinski definition) is 3. The summed E-state index contributed by atoms with van der Waals surface area (Å²) in [5.74, 6) is -1.81. The summed E-state index contributed by atoms with van der Waals surface area (Å²) in [5.41, 5.74) is 0.524. The van der Waals surface area contributed by atoms with E-state index < -0.39 is 12.0 Å². The van der Waals surface area contributed by atoms with Crippen molar-refractivity contribution in [2.24, 2.45) is 5.92 Å². The van der Waals surface area contributed by atoms with E-state index in [4.69, 9.17) is 0 Å². The van der Waals surface area contributed by atoms with Gasteiger partial charge in [-0.15, -0.1) is 0 Å². The molecule has 2 aliphatic rings. The zero-order valence-electron chi connectivity index (χ0n) is 14.5. The van der Waals surface area contributed by atoms with E-state index >= 15 is 0 Å². The topological polar surface area (TPSA) is 91.6 Å². The molecular weight excluding hydrogens is 322 g/mol. The molecule has 7 heteroatoms. The summed E-state index contributed by atoms with van der Waals surface area (Å²) < 4.78 is 1.98. The third-order valence-electron chi connectivity index (χ3n) is 5.46. The Balaban J connectivity index is 1.85. The summed E-state index contributed by atoms with van der Waals surface area (Å²) in [6, 6.07) is 3.02. The van der Waals surface area contributed by atoms with Gasteiger partial charge >= 0.3 is 5.97 Å². The maximum Gasteiger partial charge on any atom is 0.326 e. The number of likely N-dealkylation sites (tertiary alicyclic amines) is 1. The summed E-state index contributed by atoms with van der Waals surface area (Å²) in [7, 11) is 1.56. The van der Waals surface area contributed by atoms with Gasteiger partial charge in [-0.25, -0.2) is 4.79 Å². The zero-order chi connectivity index (χ0) is 18.0. The van der Waals surface area contributed by atoms with E-state index in [1.807, 2.05) is 16.8 Å². The maximum absolute atomic E-state index is 13.1. The van der Waals surface area contributed by atoms with Crippen molar-refractivity contribution in [3.05, 3.63) is 24.0 Å². The molecule has 3 rings (SSSR count). The molecule has 7 nitrogen and oxygen atoms in total. The van der Waals surface area contributed by atoms with Crippen LogP contribution >= 0.6 is 0 Å². The third-order valence-corrected chi connectivity index (χ3v) is 5.46. The number of amides is 2. The highest BCUT2D eigenvalue weighted by Gasteiger charge is 2.39. The molecule has 1 aliphatic carbocycles. The monoisotopic (exact) mass is 347 g/mol. The van der Waals surface area contributed by atoms with Crippen LogP contribution in [0.1, 0.15) is 55.1 Å². The van der Waals surface area contributed by atoms with Gasteiger partial charge in [-0.05, 0) is 37.8 Å². The Morgan fingerprint density at radius 1 is 1.16 bits per heavy atom. The molecule has 2 amide bonds. The molecule has 1 saturated carbocycles. The quantitative estimate of drug-likeness (QED) is 0.866. The first-order chi connectivity index (χ1) is 12.0. The standard InChI is InChI=1S/C18H25N3O4/c1-19-16(22)12-8-9-15(18(24)25)21(11-12)17(23)14-7-4-10-20(14)13-5-2-3-6-13/h4,7,10,12-13,15H,2-3,5-6,8-9,11H2,1H3,(H,19,22)(H,24,25)/t12-,15-/m0/s1. The van der Waals surface area contributed by atoms with Crippen LogP contribution in [0.4, 0.5) is 0 Å². The molecule has 2 atom stereocenters. The predicted molar refractivity (Wildman–Crippen MR) is 91.2 cm³/mol. The first-order valence-electron chi connectivity index (χ1n) is 8.95. The highest BCUT2D eigenvalue weighted by atomic mass is 16.4. The van der Waals surface area contributed by atoms with Crippen LogP contribution in [-0.2, 0) is 9.59 Å². The van der Waals surface area contributed by atoms with Crippen molar-refractivity contribution in [1.82, 2.24) is 14.8 Å². The van der Waals surface area contributed by atoms with Gasteiger partial charge in [0.1, 0.15) is 11.7 Å². The molecule has 1 aromatic heterocycles. The summed E-state index contributed by atoms with van der Waals surface area (Å²) in [6.07, 6.45) is 7.05. The Labute approximate surface area is 147 Å². The third kappa shape index (κ3) is 3.41. The molecule has 136 valence electrons. The van der Waals surface area contributed by atoms with Crippen LogP contribution < -0.4 is 5.32 Å². The van der Waals surface area contributed by atoms with Gasteiger partial charge in [0.2, 0.25) is 5.91 Å². The Kier molecular flexibility index (Phi) is 5.11. The number of aromatic nitrogens is 1. The fourth-order valence-electron chi connectivity index (χ4n) is 4.09. The normalized spacial score (nSPS) is 24.3. The molecule has 0 unspecified atom stereocenters. The van der Waals surface area contributed by atoms with Gasteiger partial charge in [-0.3, -0.25) is 9.59 Å². The van der Waals surface area contributed by atoms with Crippen molar-refractivity contribution in [3.8, 4) is 0 Å². The Bertz CT molecular complexity index is 663. The van der Waals surface area contributed by atoms with Crippen LogP contribution in [0.15, 0.2) is 18.3 Å². The number of piperidine rings is 1. The van der Waals surface area contributed by atoms with Gasteiger partial charge in [-0.2, -0.15) is 0 Å². The van der Waals surface area contributed by atoms with E-state index in [0.717, 1.165) is 25.7 Å². The predicted octanol–water partition coefficient (Wildman–Crippen LogP) is 1.65. The lowest BCUT2D eigenvalue weighted by Crippen LogP contribution is -2.53. The molecule has 25 heavy (non-hydrogen) atoms. The molecule has 1 aliphatic heterocycles. The number of rotatable bonds is 4. The molecule has 2 heterocycles. The van der Waals surface area contributed by atoms with Crippen molar-refractivity contribution < 1.29 is 19.5 Å². The van der Waals surface area contributed by atoms with E-state index in [9.17, 15) is 19.5 Å². The second kappa shape index (κ2) is 7.29. The molecule has 1 saturated heterocycles. The lowest BCUT2D eigenvalue weighted by molar-refractivity contribution is -0.145. The summed E-state index contributed by atoms with van der Waals surface area (Å²) in [4.78, 5) is 38.1. The molecule has 0 spiro atoms. The van der Waals surface area contributed by atoms with Crippen LogP contribution in [-0.4, -0.2) is 52.0 Å².